The first-order valence-electron chi connectivity index (χ1n) is 9.07. The third kappa shape index (κ3) is 1.98. The van der Waals surface area contributed by atoms with E-state index in [0.29, 0.717) is 0 Å². The highest BCUT2D eigenvalue weighted by atomic mass is 16.3. The SMILES string of the molecule is C[C@@H]1CC2=C[C@@H](O)CC[C@@H]2[C@H]2CC[C@]3(C)[C@@H](O)CC[C@H]3[C@@H]21. The molecule has 0 aromatic heterocycles. The Morgan fingerprint density at radius 2 is 1.90 bits per heavy atom. The summed E-state index contributed by atoms with van der Waals surface area (Å²) >= 11 is 0. The van der Waals surface area contributed by atoms with Gasteiger partial charge in [0.25, 0.3) is 0 Å². The Kier molecular flexibility index (Phi) is 3.28. The second-order valence-corrected chi connectivity index (χ2v) is 8.66. The molecule has 8 atom stereocenters. The molecule has 0 aromatic rings. The van der Waals surface area contributed by atoms with Crippen molar-refractivity contribution < 1.29 is 10.2 Å². The molecule has 4 rings (SSSR count). The summed E-state index contributed by atoms with van der Waals surface area (Å²) in [6.45, 7) is 4.78. The van der Waals surface area contributed by atoms with Crippen LogP contribution < -0.4 is 0 Å². The van der Waals surface area contributed by atoms with E-state index in [1.54, 1.807) is 5.57 Å². The lowest BCUT2D eigenvalue weighted by Gasteiger charge is -2.56. The van der Waals surface area contributed by atoms with Crippen molar-refractivity contribution in [2.24, 2.45) is 35.0 Å². The molecule has 4 aliphatic rings. The summed E-state index contributed by atoms with van der Waals surface area (Å²) in [7, 11) is 0. The van der Waals surface area contributed by atoms with Crippen molar-refractivity contribution in [1.29, 1.82) is 0 Å². The van der Waals surface area contributed by atoms with Gasteiger partial charge in [0, 0.05) is 0 Å². The largest absolute Gasteiger partial charge is 0.393 e. The van der Waals surface area contributed by atoms with E-state index in [2.05, 4.69) is 19.9 Å². The fourth-order valence-corrected chi connectivity index (χ4v) is 6.69. The number of fused-ring (bicyclic) bond motifs is 5. The van der Waals surface area contributed by atoms with Crippen molar-refractivity contribution in [2.45, 2.75) is 71.0 Å². The molecule has 2 nitrogen and oxygen atoms in total. The fraction of sp³-hybridized carbons (Fsp3) is 0.895. The van der Waals surface area contributed by atoms with E-state index < -0.39 is 0 Å². The minimum atomic E-state index is -0.192. The highest BCUT2D eigenvalue weighted by Crippen LogP contribution is 2.63. The third-order valence-corrected chi connectivity index (χ3v) is 7.72. The Balaban J connectivity index is 1.67. The van der Waals surface area contributed by atoms with Crippen molar-refractivity contribution in [1.82, 2.24) is 0 Å². The zero-order chi connectivity index (χ0) is 14.8. The number of aliphatic hydroxyl groups excluding tert-OH is 2. The van der Waals surface area contributed by atoms with Crippen LogP contribution in [0.15, 0.2) is 11.6 Å². The molecule has 0 saturated heterocycles. The average Bonchev–Trinajstić information content (AvgIpc) is 2.74. The van der Waals surface area contributed by atoms with Crippen molar-refractivity contribution in [3.8, 4) is 0 Å². The van der Waals surface area contributed by atoms with E-state index in [1.807, 2.05) is 0 Å². The van der Waals surface area contributed by atoms with Crippen molar-refractivity contribution in [3.63, 3.8) is 0 Å². The highest BCUT2D eigenvalue weighted by molar-refractivity contribution is 5.21. The van der Waals surface area contributed by atoms with Crippen molar-refractivity contribution >= 4 is 0 Å². The molecule has 0 amide bonds. The molecule has 0 aliphatic heterocycles. The van der Waals surface area contributed by atoms with Gasteiger partial charge < -0.3 is 10.2 Å². The second-order valence-electron chi connectivity index (χ2n) is 8.66. The predicted octanol–water partition coefficient (Wildman–Crippen LogP) is 3.53. The van der Waals surface area contributed by atoms with Gasteiger partial charge in [-0.3, -0.25) is 0 Å². The van der Waals surface area contributed by atoms with Crippen molar-refractivity contribution in [2.75, 3.05) is 0 Å². The maximum atomic E-state index is 10.5. The summed E-state index contributed by atoms with van der Waals surface area (Å²) < 4.78 is 0. The smallest absolute Gasteiger partial charge is 0.0723 e. The number of rotatable bonds is 0. The summed E-state index contributed by atoms with van der Waals surface area (Å²) in [5, 5.41) is 20.4. The van der Waals surface area contributed by atoms with Gasteiger partial charge >= 0.3 is 0 Å². The predicted molar refractivity (Wildman–Crippen MR) is 83.6 cm³/mol. The Hall–Kier alpha value is -0.340. The van der Waals surface area contributed by atoms with E-state index in [-0.39, 0.29) is 17.6 Å². The van der Waals surface area contributed by atoms with Crippen LogP contribution in [0.5, 0.6) is 0 Å². The van der Waals surface area contributed by atoms with Crippen LogP contribution in [0.1, 0.15) is 58.8 Å². The molecule has 0 bridgehead atoms. The molecule has 0 unspecified atom stereocenters. The Morgan fingerprint density at radius 3 is 2.71 bits per heavy atom. The van der Waals surface area contributed by atoms with E-state index in [4.69, 9.17) is 0 Å². The monoisotopic (exact) mass is 290 g/mol. The number of hydrogen-bond acceptors (Lipinski definition) is 2. The van der Waals surface area contributed by atoms with Crippen LogP contribution in [0.25, 0.3) is 0 Å². The van der Waals surface area contributed by atoms with E-state index in [9.17, 15) is 10.2 Å². The van der Waals surface area contributed by atoms with Crippen LogP contribution in [0.3, 0.4) is 0 Å². The fourth-order valence-electron chi connectivity index (χ4n) is 6.69. The standard InChI is InChI=1S/C19H30O2/c1-11-9-12-10-13(20)3-4-14(12)15-7-8-19(2)16(18(11)15)5-6-17(19)21/h10-11,13-18,20-21H,3-9H2,1-2H3/t11-,13+,14+,15-,16+,17+,18-,19+/m1/s1. The van der Waals surface area contributed by atoms with Gasteiger partial charge in [-0.15, -0.1) is 0 Å². The van der Waals surface area contributed by atoms with Gasteiger partial charge in [0.05, 0.1) is 12.2 Å². The zero-order valence-corrected chi connectivity index (χ0v) is 13.5. The lowest BCUT2D eigenvalue weighted by Crippen LogP contribution is -2.50. The first-order chi connectivity index (χ1) is 10.0. The number of allylic oxidation sites excluding steroid dienone is 1. The van der Waals surface area contributed by atoms with Gasteiger partial charge in [-0.2, -0.15) is 0 Å². The molecule has 118 valence electrons. The first kappa shape index (κ1) is 14.3. The zero-order valence-electron chi connectivity index (χ0n) is 13.5. The molecule has 0 radical (unpaired) electrons. The summed E-state index contributed by atoms with van der Waals surface area (Å²) in [5.41, 5.74) is 1.75. The Bertz CT molecular complexity index is 456. The van der Waals surface area contributed by atoms with Crippen LogP contribution in [0.2, 0.25) is 0 Å². The summed E-state index contributed by atoms with van der Waals surface area (Å²) in [5.74, 6) is 3.80. The van der Waals surface area contributed by atoms with Gasteiger partial charge in [0.15, 0.2) is 0 Å². The minimum Gasteiger partial charge on any atom is -0.393 e. The Labute approximate surface area is 128 Å². The summed E-state index contributed by atoms with van der Waals surface area (Å²) in [6.07, 6.45) is 9.99. The molecule has 0 aromatic carbocycles. The molecular weight excluding hydrogens is 260 g/mol. The molecule has 2 heteroatoms. The second kappa shape index (κ2) is 4.83. The number of hydrogen-bond donors (Lipinski definition) is 2. The summed E-state index contributed by atoms with van der Waals surface area (Å²) in [6, 6.07) is 0. The van der Waals surface area contributed by atoms with Crippen LogP contribution in [0, 0.1) is 35.0 Å². The molecule has 0 heterocycles. The summed E-state index contributed by atoms with van der Waals surface area (Å²) in [4.78, 5) is 0. The van der Waals surface area contributed by atoms with Gasteiger partial charge in [0.1, 0.15) is 0 Å². The molecule has 0 spiro atoms. The van der Waals surface area contributed by atoms with Gasteiger partial charge in [-0.05, 0) is 80.0 Å². The Morgan fingerprint density at radius 1 is 1.10 bits per heavy atom. The lowest BCUT2D eigenvalue weighted by molar-refractivity contribution is -0.0721. The molecule has 3 fully saturated rings. The maximum Gasteiger partial charge on any atom is 0.0723 e. The normalized spacial score (nSPS) is 56.2. The molecule has 21 heavy (non-hydrogen) atoms. The van der Waals surface area contributed by atoms with Gasteiger partial charge in [0.2, 0.25) is 0 Å². The van der Waals surface area contributed by atoms with E-state index >= 15 is 0 Å². The van der Waals surface area contributed by atoms with E-state index in [1.165, 1.54) is 32.1 Å². The molecular formula is C19H30O2. The molecule has 2 N–H and O–H groups in total. The van der Waals surface area contributed by atoms with Crippen molar-refractivity contribution in [3.05, 3.63) is 11.6 Å². The van der Waals surface area contributed by atoms with Crippen LogP contribution in [-0.4, -0.2) is 22.4 Å². The van der Waals surface area contributed by atoms with Gasteiger partial charge in [-0.1, -0.05) is 25.5 Å². The molecule has 3 saturated carbocycles. The topological polar surface area (TPSA) is 40.5 Å². The van der Waals surface area contributed by atoms with Crippen LogP contribution >= 0.6 is 0 Å². The van der Waals surface area contributed by atoms with Crippen LogP contribution in [-0.2, 0) is 0 Å². The number of aliphatic hydroxyl groups is 2. The van der Waals surface area contributed by atoms with Gasteiger partial charge in [-0.25, -0.2) is 0 Å². The quantitative estimate of drug-likeness (QED) is 0.670. The van der Waals surface area contributed by atoms with E-state index in [0.717, 1.165) is 42.4 Å². The average molecular weight is 290 g/mol. The first-order valence-corrected chi connectivity index (χ1v) is 9.07. The lowest BCUT2D eigenvalue weighted by atomic mass is 9.49. The highest BCUT2D eigenvalue weighted by Gasteiger charge is 2.57. The molecule has 4 aliphatic carbocycles. The van der Waals surface area contributed by atoms with Crippen LogP contribution in [0.4, 0.5) is 0 Å². The third-order valence-electron chi connectivity index (χ3n) is 7.72. The maximum absolute atomic E-state index is 10.5. The minimum absolute atomic E-state index is 0.0687.